The van der Waals surface area contributed by atoms with Gasteiger partial charge in [-0.1, -0.05) is 20.8 Å². The molecule has 0 N–H and O–H groups in total. The van der Waals surface area contributed by atoms with Crippen LogP contribution in [0.3, 0.4) is 0 Å². The number of aromatic nitrogens is 2. The van der Waals surface area contributed by atoms with Crippen LogP contribution in [0.2, 0.25) is 0 Å². The molecule has 1 unspecified atom stereocenters. The van der Waals surface area contributed by atoms with Gasteiger partial charge < -0.3 is 9.30 Å². The van der Waals surface area contributed by atoms with E-state index in [4.69, 9.17) is 4.74 Å². The van der Waals surface area contributed by atoms with E-state index in [0.29, 0.717) is 4.75 Å². The molecule has 0 aliphatic carbocycles. The van der Waals surface area contributed by atoms with E-state index < -0.39 is 0 Å². The highest BCUT2D eigenvalue weighted by Gasteiger charge is 2.13. The molecular formula is C13H24N2OS. The lowest BCUT2D eigenvalue weighted by atomic mass is 10.3. The van der Waals surface area contributed by atoms with Crippen molar-refractivity contribution in [2.75, 3.05) is 12.4 Å². The summed E-state index contributed by atoms with van der Waals surface area (Å²) in [6, 6.07) is 0. The molecule has 1 aromatic rings. The lowest BCUT2D eigenvalue weighted by Gasteiger charge is -2.19. The van der Waals surface area contributed by atoms with Gasteiger partial charge in [0.15, 0.2) is 0 Å². The summed E-state index contributed by atoms with van der Waals surface area (Å²) in [6.07, 6.45) is 3.97. The van der Waals surface area contributed by atoms with Gasteiger partial charge in [-0.3, -0.25) is 0 Å². The monoisotopic (exact) mass is 256 g/mol. The van der Waals surface area contributed by atoms with Gasteiger partial charge in [0.05, 0.1) is 0 Å². The zero-order valence-electron chi connectivity index (χ0n) is 11.6. The molecule has 0 radical (unpaired) electrons. The van der Waals surface area contributed by atoms with Crippen LogP contribution in [0.4, 0.5) is 0 Å². The van der Waals surface area contributed by atoms with Crippen LogP contribution in [0.5, 0.6) is 0 Å². The number of ether oxygens (including phenoxy) is 1. The predicted octanol–water partition coefficient (Wildman–Crippen LogP) is 3.51. The number of nitrogens with zero attached hydrogens (tertiary/aromatic N) is 2. The van der Waals surface area contributed by atoms with Gasteiger partial charge in [0.1, 0.15) is 11.9 Å². The van der Waals surface area contributed by atoms with E-state index in [2.05, 4.69) is 37.2 Å². The maximum Gasteiger partial charge on any atom is 0.137 e. The van der Waals surface area contributed by atoms with Crippen molar-refractivity contribution in [1.82, 2.24) is 9.55 Å². The standard InChI is InChI=1S/C13H24N2OS/c1-6-16-11(2)12-14-7-8-15(12)9-10-17-13(3,4)5/h7-8,11H,6,9-10H2,1-5H3. The number of thioether (sulfide) groups is 1. The van der Waals surface area contributed by atoms with E-state index in [1.807, 2.05) is 31.1 Å². The van der Waals surface area contributed by atoms with Crippen LogP contribution in [-0.4, -0.2) is 26.7 Å². The largest absolute Gasteiger partial charge is 0.371 e. The number of imidazole rings is 1. The Hall–Kier alpha value is -0.480. The summed E-state index contributed by atoms with van der Waals surface area (Å²) in [4.78, 5) is 4.38. The van der Waals surface area contributed by atoms with Crippen LogP contribution in [0, 0.1) is 0 Å². The van der Waals surface area contributed by atoms with E-state index in [9.17, 15) is 0 Å². The number of aryl methyl sites for hydroxylation is 1. The molecule has 0 aromatic carbocycles. The smallest absolute Gasteiger partial charge is 0.137 e. The Morgan fingerprint density at radius 3 is 2.76 bits per heavy atom. The minimum absolute atomic E-state index is 0.0784. The molecule has 1 atom stereocenters. The minimum Gasteiger partial charge on any atom is -0.371 e. The van der Waals surface area contributed by atoms with Gasteiger partial charge in [0.25, 0.3) is 0 Å². The second-order valence-corrected chi connectivity index (χ2v) is 6.96. The van der Waals surface area contributed by atoms with Gasteiger partial charge in [-0.25, -0.2) is 4.98 Å². The number of hydrogen-bond donors (Lipinski definition) is 0. The highest BCUT2D eigenvalue weighted by molar-refractivity contribution is 8.00. The summed E-state index contributed by atoms with van der Waals surface area (Å²) in [5.74, 6) is 2.13. The second-order valence-electron chi connectivity index (χ2n) is 5.04. The first kappa shape index (κ1) is 14.6. The Balaban J connectivity index is 2.51. The molecule has 0 saturated heterocycles. The van der Waals surface area contributed by atoms with E-state index in [1.165, 1.54) is 0 Å². The fourth-order valence-corrected chi connectivity index (χ4v) is 2.54. The average molecular weight is 256 g/mol. The summed E-state index contributed by atoms with van der Waals surface area (Å²) in [5.41, 5.74) is 0. The Kier molecular flexibility index (Phi) is 5.53. The molecule has 1 aromatic heterocycles. The molecule has 0 saturated carbocycles. The van der Waals surface area contributed by atoms with E-state index in [1.54, 1.807) is 0 Å². The van der Waals surface area contributed by atoms with Crippen LogP contribution in [0.15, 0.2) is 12.4 Å². The quantitative estimate of drug-likeness (QED) is 0.779. The van der Waals surface area contributed by atoms with Gasteiger partial charge in [0.2, 0.25) is 0 Å². The summed E-state index contributed by atoms with van der Waals surface area (Å²) in [6.45, 7) is 12.5. The van der Waals surface area contributed by atoms with Gasteiger partial charge in [-0.15, -0.1) is 0 Å². The first-order chi connectivity index (χ1) is 7.94. The Labute approximate surface area is 109 Å². The van der Waals surface area contributed by atoms with Crippen molar-refractivity contribution < 1.29 is 4.74 Å². The molecule has 0 fully saturated rings. The molecule has 98 valence electrons. The van der Waals surface area contributed by atoms with Crippen LogP contribution in [-0.2, 0) is 11.3 Å². The maximum atomic E-state index is 5.58. The zero-order valence-corrected chi connectivity index (χ0v) is 12.4. The Bertz CT molecular complexity index is 330. The summed E-state index contributed by atoms with van der Waals surface area (Å²) >= 11 is 1.98. The lowest BCUT2D eigenvalue weighted by molar-refractivity contribution is 0.0676. The van der Waals surface area contributed by atoms with Gasteiger partial charge in [-0.2, -0.15) is 11.8 Å². The molecule has 3 nitrogen and oxygen atoms in total. The molecule has 1 rings (SSSR count). The number of rotatable bonds is 6. The van der Waals surface area contributed by atoms with Crippen molar-refractivity contribution in [1.29, 1.82) is 0 Å². The Morgan fingerprint density at radius 1 is 1.47 bits per heavy atom. The summed E-state index contributed by atoms with van der Waals surface area (Å²) in [7, 11) is 0. The molecule has 0 aliphatic heterocycles. The average Bonchev–Trinajstić information content (AvgIpc) is 2.64. The van der Waals surface area contributed by atoms with Crippen LogP contribution < -0.4 is 0 Å². The van der Waals surface area contributed by atoms with Gasteiger partial charge >= 0.3 is 0 Å². The van der Waals surface area contributed by atoms with Crippen molar-refractivity contribution >= 4 is 11.8 Å². The van der Waals surface area contributed by atoms with Crippen molar-refractivity contribution in [2.45, 2.75) is 52.0 Å². The highest BCUT2D eigenvalue weighted by atomic mass is 32.2. The van der Waals surface area contributed by atoms with Crippen LogP contribution in [0.1, 0.15) is 46.5 Å². The highest BCUT2D eigenvalue weighted by Crippen LogP contribution is 2.23. The molecule has 0 bridgehead atoms. The maximum absolute atomic E-state index is 5.58. The predicted molar refractivity (Wildman–Crippen MR) is 74.5 cm³/mol. The topological polar surface area (TPSA) is 27.1 Å². The number of hydrogen-bond acceptors (Lipinski definition) is 3. The van der Waals surface area contributed by atoms with Gasteiger partial charge in [0, 0.05) is 36.0 Å². The SMILES string of the molecule is CCOC(C)c1nccn1CCSC(C)(C)C. The zero-order chi connectivity index (χ0) is 12.9. The molecule has 0 amide bonds. The minimum atomic E-state index is 0.0784. The van der Waals surface area contributed by atoms with Gasteiger partial charge in [-0.05, 0) is 13.8 Å². The fourth-order valence-electron chi connectivity index (χ4n) is 1.64. The first-order valence-electron chi connectivity index (χ1n) is 6.20. The molecule has 0 aliphatic rings. The molecule has 4 heteroatoms. The summed E-state index contributed by atoms with van der Waals surface area (Å²) < 4.78 is 8.10. The molecular weight excluding hydrogens is 232 g/mol. The van der Waals surface area contributed by atoms with Crippen LogP contribution in [0.25, 0.3) is 0 Å². The van der Waals surface area contributed by atoms with E-state index >= 15 is 0 Å². The third kappa shape index (κ3) is 5.13. The van der Waals surface area contributed by atoms with Crippen molar-refractivity contribution in [3.05, 3.63) is 18.2 Å². The van der Waals surface area contributed by atoms with E-state index in [-0.39, 0.29) is 6.10 Å². The summed E-state index contributed by atoms with van der Waals surface area (Å²) in [5, 5.41) is 0. The molecule has 17 heavy (non-hydrogen) atoms. The Morgan fingerprint density at radius 2 is 2.18 bits per heavy atom. The molecule has 0 spiro atoms. The first-order valence-corrected chi connectivity index (χ1v) is 7.19. The second kappa shape index (κ2) is 6.45. The van der Waals surface area contributed by atoms with Crippen molar-refractivity contribution in [3.63, 3.8) is 0 Å². The lowest BCUT2D eigenvalue weighted by Crippen LogP contribution is -2.14. The molecule has 1 heterocycles. The van der Waals surface area contributed by atoms with Crippen molar-refractivity contribution in [2.24, 2.45) is 0 Å². The fraction of sp³-hybridized carbons (Fsp3) is 0.769. The normalized spacial score (nSPS) is 13.9. The van der Waals surface area contributed by atoms with Crippen LogP contribution >= 0.6 is 11.8 Å². The third-order valence-corrected chi connectivity index (χ3v) is 3.65. The van der Waals surface area contributed by atoms with Crippen molar-refractivity contribution in [3.8, 4) is 0 Å². The third-order valence-electron chi connectivity index (χ3n) is 2.40. The van der Waals surface area contributed by atoms with E-state index in [0.717, 1.165) is 24.7 Å².